The molecule has 1 saturated heterocycles. The Labute approximate surface area is 179 Å². The third-order valence-electron chi connectivity index (χ3n) is 4.94. The third kappa shape index (κ3) is 7.25. The fourth-order valence-corrected chi connectivity index (χ4v) is 3.34. The summed E-state index contributed by atoms with van der Waals surface area (Å²) in [6.45, 7) is 4.85. The zero-order valence-corrected chi connectivity index (χ0v) is 18.8. The van der Waals surface area contributed by atoms with Crippen LogP contribution in [0.1, 0.15) is 19.4 Å². The molecule has 30 heavy (non-hydrogen) atoms. The van der Waals surface area contributed by atoms with Crippen LogP contribution in [0.15, 0.2) is 30.3 Å². The summed E-state index contributed by atoms with van der Waals surface area (Å²) in [5.41, 5.74) is 1.04. The molecule has 0 aromatic heterocycles. The number of rotatable bonds is 13. The van der Waals surface area contributed by atoms with Gasteiger partial charge in [0.2, 0.25) is 0 Å². The number of methoxy groups -OCH3 is 4. The van der Waals surface area contributed by atoms with Gasteiger partial charge in [0.05, 0.1) is 19.3 Å². The first-order chi connectivity index (χ1) is 14.5. The minimum Gasteiger partial charge on any atom is -0.376 e. The maximum atomic E-state index is 6.22. The summed E-state index contributed by atoms with van der Waals surface area (Å²) in [6.07, 6.45) is -2.87. The Morgan fingerprint density at radius 3 is 2.10 bits per heavy atom. The van der Waals surface area contributed by atoms with Gasteiger partial charge in [-0.3, -0.25) is 0 Å². The molecule has 0 saturated carbocycles. The Kier molecular flexibility index (Phi) is 11.2. The number of benzene rings is 1. The van der Waals surface area contributed by atoms with Crippen LogP contribution in [0.5, 0.6) is 0 Å². The van der Waals surface area contributed by atoms with E-state index >= 15 is 0 Å². The quantitative estimate of drug-likeness (QED) is 0.444. The van der Waals surface area contributed by atoms with Crippen molar-refractivity contribution in [3.05, 3.63) is 35.9 Å². The smallest absolute Gasteiger partial charge is 0.187 e. The molecule has 0 amide bonds. The summed E-state index contributed by atoms with van der Waals surface area (Å²) in [5, 5.41) is 0. The monoisotopic (exact) mass is 428 g/mol. The highest BCUT2D eigenvalue weighted by Gasteiger charge is 2.48. The van der Waals surface area contributed by atoms with Crippen LogP contribution in [0.25, 0.3) is 0 Å². The van der Waals surface area contributed by atoms with Gasteiger partial charge in [-0.15, -0.1) is 0 Å². The van der Waals surface area contributed by atoms with E-state index in [1.165, 1.54) is 0 Å². The lowest BCUT2D eigenvalue weighted by Crippen LogP contribution is -2.61. The van der Waals surface area contributed by atoms with Gasteiger partial charge < -0.3 is 37.9 Å². The Morgan fingerprint density at radius 1 is 0.867 bits per heavy atom. The predicted octanol–water partition coefficient (Wildman–Crippen LogP) is 2.39. The summed E-state index contributed by atoms with van der Waals surface area (Å²) in [4.78, 5) is 0. The van der Waals surface area contributed by atoms with E-state index in [2.05, 4.69) is 0 Å². The highest BCUT2D eigenvalue weighted by Crippen LogP contribution is 2.29. The molecular weight excluding hydrogens is 392 g/mol. The van der Waals surface area contributed by atoms with Crippen LogP contribution < -0.4 is 0 Å². The summed E-state index contributed by atoms with van der Waals surface area (Å²) in [7, 11) is 6.37. The van der Waals surface area contributed by atoms with E-state index in [-0.39, 0.29) is 24.9 Å². The van der Waals surface area contributed by atoms with Crippen molar-refractivity contribution in [1.82, 2.24) is 0 Å². The second-order valence-corrected chi connectivity index (χ2v) is 7.32. The summed E-state index contributed by atoms with van der Waals surface area (Å²) < 4.78 is 46.2. The minimum atomic E-state index is -0.710. The van der Waals surface area contributed by atoms with Gasteiger partial charge in [0.15, 0.2) is 12.6 Å². The summed E-state index contributed by atoms with van der Waals surface area (Å²) in [6, 6.07) is 9.90. The van der Waals surface area contributed by atoms with Crippen molar-refractivity contribution in [2.75, 3.05) is 41.7 Å². The van der Waals surface area contributed by atoms with E-state index in [1.807, 2.05) is 44.2 Å². The molecule has 0 aliphatic carbocycles. The second-order valence-electron chi connectivity index (χ2n) is 7.32. The highest BCUT2D eigenvalue weighted by atomic mass is 16.7. The van der Waals surface area contributed by atoms with Gasteiger partial charge in [0, 0.05) is 28.4 Å². The first-order valence-electron chi connectivity index (χ1n) is 10.2. The van der Waals surface area contributed by atoms with Gasteiger partial charge in [0.25, 0.3) is 0 Å². The van der Waals surface area contributed by atoms with Crippen LogP contribution in [0.2, 0.25) is 0 Å². The van der Waals surface area contributed by atoms with Crippen molar-refractivity contribution in [3.63, 3.8) is 0 Å². The van der Waals surface area contributed by atoms with Crippen molar-refractivity contribution in [3.8, 4) is 0 Å². The van der Waals surface area contributed by atoms with Crippen LogP contribution >= 0.6 is 0 Å². The van der Waals surface area contributed by atoms with E-state index in [0.717, 1.165) is 5.56 Å². The predicted molar refractivity (Wildman–Crippen MR) is 110 cm³/mol. The van der Waals surface area contributed by atoms with Crippen molar-refractivity contribution in [2.45, 2.75) is 63.6 Å². The van der Waals surface area contributed by atoms with Gasteiger partial charge in [-0.2, -0.15) is 0 Å². The fraction of sp³-hybridized carbons (Fsp3) is 0.727. The van der Waals surface area contributed by atoms with E-state index < -0.39 is 24.8 Å². The molecule has 1 aliphatic rings. The number of hydrogen-bond acceptors (Lipinski definition) is 8. The molecule has 0 spiro atoms. The van der Waals surface area contributed by atoms with Crippen LogP contribution in [0, 0.1) is 0 Å². The van der Waals surface area contributed by atoms with Gasteiger partial charge >= 0.3 is 0 Å². The highest BCUT2D eigenvalue weighted by molar-refractivity contribution is 5.13. The molecule has 0 unspecified atom stereocenters. The topological polar surface area (TPSA) is 73.8 Å². The van der Waals surface area contributed by atoms with E-state index in [4.69, 9.17) is 37.9 Å². The Hall–Kier alpha value is -1.10. The molecule has 1 heterocycles. The van der Waals surface area contributed by atoms with Crippen molar-refractivity contribution in [1.29, 1.82) is 0 Å². The van der Waals surface area contributed by atoms with Crippen molar-refractivity contribution in [2.24, 2.45) is 0 Å². The first-order valence-corrected chi connectivity index (χ1v) is 10.2. The molecule has 172 valence electrons. The Balaban J connectivity index is 2.17. The van der Waals surface area contributed by atoms with Gasteiger partial charge in [-0.1, -0.05) is 30.3 Å². The zero-order chi connectivity index (χ0) is 21.9. The minimum absolute atomic E-state index is 0.0601. The zero-order valence-electron chi connectivity index (χ0n) is 18.8. The molecule has 1 aromatic rings. The molecule has 8 nitrogen and oxygen atoms in total. The summed E-state index contributed by atoms with van der Waals surface area (Å²) in [5.74, 6) is 0. The number of hydrogen-bond donors (Lipinski definition) is 0. The molecule has 0 radical (unpaired) electrons. The van der Waals surface area contributed by atoms with Crippen LogP contribution in [0.4, 0.5) is 0 Å². The maximum absolute atomic E-state index is 6.22. The molecule has 5 atom stereocenters. The van der Waals surface area contributed by atoms with Crippen LogP contribution in [0.3, 0.4) is 0 Å². The normalized spacial score (nSPS) is 27.1. The molecule has 8 heteroatoms. The lowest BCUT2D eigenvalue weighted by atomic mass is 9.98. The average Bonchev–Trinajstić information content (AvgIpc) is 2.77. The van der Waals surface area contributed by atoms with Gasteiger partial charge in [0.1, 0.15) is 31.0 Å². The van der Waals surface area contributed by atoms with Crippen LogP contribution in [-0.2, 0) is 44.5 Å². The standard InChI is InChI=1S/C22H36O8/c1-15(2)27-13-17-19(25-5)20(26-6)21(28-12-16-10-8-7-9-11-16)22(30-17)29-14-18(23-3)24-4/h7-11,15,17-22H,12-14H2,1-6H3/t17-,19-,20+,21+,22+/m1/s1. The fourth-order valence-electron chi connectivity index (χ4n) is 3.34. The van der Waals surface area contributed by atoms with Gasteiger partial charge in [-0.05, 0) is 19.4 Å². The molecule has 2 rings (SSSR count). The lowest BCUT2D eigenvalue weighted by Gasteiger charge is -2.45. The molecule has 1 fully saturated rings. The molecule has 1 aromatic carbocycles. The summed E-state index contributed by atoms with van der Waals surface area (Å²) >= 11 is 0. The molecule has 1 aliphatic heterocycles. The molecule has 0 N–H and O–H groups in total. The Bertz CT molecular complexity index is 566. The Morgan fingerprint density at radius 2 is 1.53 bits per heavy atom. The van der Waals surface area contributed by atoms with E-state index in [0.29, 0.717) is 13.2 Å². The average molecular weight is 429 g/mol. The largest absolute Gasteiger partial charge is 0.376 e. The SMILES string of the molecule is COC(CO[C@H]1O[C@H](COC(C)C)[C@@H](OC)[C@H](OC)[C@@H]1OCc1ccccc1)OC. The lowest BCUT2D eigenvalue weighted by molar-refractivity contribution is -0.329. The van der Waals surface area contributed by atoms with E-state index in [9.17, 15) is 0 Å². The molecular formula is C22H36O8. The molecule has 0 bridgehead atoms. The van der Waals surface area contributed by atoms with Crippen molar-refractivity contribution < 1.29 is 37.9 Å². The van der Waals surface area contributed by atoms with E-state index in [1.54, 1.807) is 28.4 Å². The third-order valence-corrected chi connectivity index (χ3v) is 4.94. The second kappa shape index (κ2) is 13.3. The number of ether oxygens (including phenoxy) is 8. The van der Waals surface area contributed by atoms with Crippen LogP contribution in [-0.4, -0.2) is 84.8 Å². The van der Waals surface area contributed by atoms with Gasteiger partial charge in [-0.25, -0.2) is 0 Å². The first kappa shape index (κ1) is 25.2. The van der Waals surface area contributed by atoms with Crippen molar-refractivity contribution >= 4 is 0 Å². The maximum Gasteiger partial charge on any atom is 0.187 e.